The van der Waals surface area contributed by atoms with Crippen LogP contribution in [0.4, 0.5) is 4.79 Å². The molecule has 0 radical (unpaired) electrons. The molecule has 0 spiro atoms. The zero-order valence-corrected chi connectivity index (χ0v) is 16.2. The van der Waals surface area contributed by atoms with E-state index in [2.05, 4.69) is 4.52 Å². The van der Waals surface area contributed by atoms with E-state index in [9.17, 15) is 9.36 Å². The van der Waals surface area contributed by atoms with Gasteiger partial charge in [0.2, 0.25) is 0 Å². The summed E-state index contributed by atoms with van der Waals surface area (Å²) in [5, 5.41) is 0. The number of phosphoric acid groups is 1. The predicted octanol–water partition coefficient (Wildman–Crippen LogP) is 4.19. The molecule has 140 valence electrons. The third kappa shape index (κ3) is 11.9. The third-order valence-electron chi connectivity index (χ3n) is 2.31. The average Bonchev–Trinajstić information content (AvgIpc) is 2.56. The van der Waals surface area contributed by atoms with Crippen molar-refractivity contribution in [2.24, 2.45) is 0 Å². The van der Waals surface area contributed by atoms with E-state index >= 15 is 0 Å². The van der Waals surface area contributed by atoms with E-state index in [-0.39, 0.29) is 5.75 Å². The van der Waals surface area contributed by atoms with Crippen LogP contribution < -0.4 is 4.52 Å². The van der Waals surface area contributed by atoms with E-state index in [4.69, 9.17) is 14.5 Å². The molecule has 1 aromatic carbocycles. The smallest absolute Gasteiger partial charge is 0.449 e. The number of ether oxygens (including phenoxy) is 1. The van der Waals surface area contributed by atoms with E-state index in [0.717, 1.165) is 12.0 Å². The van der Waals surface area contributed by atoms with E-state index in [1.807, 2.05) is 34.6 Å². The summed E-state index contributed by atoms with van der Waals surface area (Å²) >= 11 is 0. The lowest BCUT2D eigenvalue weighted by Crippen LogP contribution is -2.27. The van der Waals surface area contributed by atoms with Crippen molar-refractivity contribution in [1.29, 1.82) is 0 Å². The van der Waals surface area contributed by atoms with E-state index < -0.39 is 13.9 Å². The van der Waals surface area contributed by atoms with Gasteiger partial charge in [0.25, 0.3) is 0 Å². The summed E-state index contributed by atoms with van der Waals surface area (Å²) in [4.78, 5) is 30.3. The molecule has 8 heteroatoms. The van der Waals surface area contributed by atoms with Gasteiger partial charge >= 0.3 is 13.9 Å². The first kappa shape index (κ1) is 24.7. The molecule has 0 saturated heterocycles. The molecule has 0 aromatic heterocycles. The lowest BCUT2D eigenvalue weighted by molar-refractivity contribution is 0.109. The topological polar surface area (TPSA) is 96.3 Å². The molecule has 0 fully saturated rings. The molecule has 24 heavy (non-hydrogen) atoms. The van der Waals surface area contributed by atoms with Gasteiger partial charge in [-0.1, -0.05) is 46.8 Å². The highest BCUT2D eigenvalue weighted by atomic mass is 31.2. The van der Waals surface area contributed by atoms with Crippen LogP contribution in [0.2, 0.25) is 0 Å². The van der Waals surface area contributed by atoms with Crippen LogP contribution in [0.15, 0.2) is 24.3 Å². The summed E-state index contributed by atoms with van der Waals surface area (Å²) in [6.07, 6.45) is 0.343. The van der Waals surface area contributed by atoms with Crippen molar-refractivity contribution in [1.82, 2.24) is 4.90 Å². The Bertz CT molecular complexity index is 486. The number of rotatable bonds is 6. The summed E-state index contributed by atoms with van der Waals surface area (Å²) in [6, 6.07) is 6.10. The van der Waals surface area contributed by atoms with Crippen LogP contribution in [0.25, 0.3) is 0 Å². The molecular weight excluding hydrogens is 333 g/mol. The van der Waals surface area contributed by atoms with Crippen LogP contribution in [0, 0.1) is 0 Å². The van der Waals surface area contributed by atoms with Crippen LogP contribution in [-0.4, -0.2) is 34.4 Å². The average molecular weight is 363 g/mol. The van der Waals surface area contributed by atoms with Gasteiger partial charge in [0.15, 0.2) is 0 Å². The maximum Gasteiger partial charge on any atom is 0.524 e. The van der Waals surface area contributed by atoms with Gasteiger partial charge in [0.05, 0.1) is 6.61 Å². The van der Waals surface area contributed by atoms with Crippen LogP contribution in [0.5, 0.6) is 5.75 Å². The van der Waals surface area contributed by atoms with Crippen LogP contribution in [-0.2, 0) is 15.8 Å². The first-order valence-corrected chi connectivity index (χ1v) is 9.57. The number of phosphoric ester groups is 1. The molecule has 1 amide bonds. The van der Waals surface area contributed by atoms with Gasteiger partial charge in [-0.05, 0) is 24.1 Å². The lowest BCUT2D eigenvalue weighted by Gasteiger charge is -2.17. The van der Waals surface area contributed by atoms with Crippen molar-refractivity contribution in [2.45, 2.75) is 47.6 Å². The van der Waals surface area contributed by atoms with Crippen LogP contribution in [0.1, 0.15) is 46.6 Å². The summed E-state index contributed by atoms with van der Waals surface area (Å²) in [5.41, 5.74) is 0.791. The Labute approximate surface area is 144 Å². The molecule has 0 heterocycles. The molecule has 1 rings (SSSR count). The van der Waals surface area contributed by atoms with E-state index in [0.29, 0.717) is 13.2 Å². The summed E-state index contributed by atoms with van der Waals surface area (Å²) < 4.78 is 20.1. The van der Waals surface area contributed by atoms with Crippen molar-refractivity contribution in [3.8, 4) is 5.75 Å². The van der Waals surface area contributed by atoms with Gasteiger partial charge in [-0.2, -0.15) is 0 Å². The number of carbonyl (C=O) groups excluding carboxylic acids is 1. The fourth-order valence-corrected chi connectivity index (χ4v) is 1.83. The van der Waals surface area contributed by atoms with Crippen molar-refractivity contribution in [2.75, 3.05) is 13.7 Å². The van der Waals surface area contributed by atoms with Crippen LogP contribution >= 0.6 is 7.82 Å². The molecule has 0 aliphatic rings. The summed E-state index contributed by atoms with van der Waals surface area (Å²) in [7, 11) is -2.93. The standard InChI is InChI=1S/C12H18NO6P.2C2H6/c1-3-8-18-12(14)13(2)9-10-4-6-11(7-5-10)19-20(15,16)17;2*1-2/h4-7H,3,8-9H2,1-2H3,(H2,15,16,17);2*1-2H3. The second-order valence-corrected chi connectivity index (χ2v) is 5.36. The molecule has 0 unspecified atom stereocenters. The zero-order valence-electron chi connectivity index (χ0n) is 15.4. The van der Waals surface area contributed by atoms with E-state index in [1.54, 1.807) is 19.2 Å². The third-order valence-corrected chi connectivity index (χ3v) is 2.76. The monoisotopic (exact) mass is 363 g/mol. The molecular formula is C16H30NO6P. The second-order valence-electron chi connectivity index (χ2n) is 4.20. The second kappa shape index (κ2) is 13.8. The van der Waals surface area contributed by atoms with E-state index in [1.165, 1.54) is 17.0 Å². The largest absolute Gasteiger partial charge is 0.524 e. The van der Waals surface area contributed by atoms with Gasteiger partial charge in [0.1, 0.15) is 5.75 Å². The molecule has 2 N–H and O–H groups in total. The molecule has 0 atom stereocenters. The molecule has 0 saturated carbocycles. The van der Waals surface area contributed by atoms with Crippen molar-refractivity contribution in [3.05, 3.63) is 29.8 Å². The first-order chi connectivity index (χ1) is 11.3. The van der Waals surface area contributed by atoms with Gasteiger partial charge in [-0.25, -0.2) is 9.36 Å². The Morgan fingerprint density at radius 2 is 1.62 bits per heavy atom. The zero-order chi connectivity index (χ0) is 19.2. The summed E-state index contributed by atoms with van der Waals surface area (Å²) in [5.74, 6) is 0.0679. The maximum atomic E-state index is 11.5. The first-order valence-electron chi connectivity index (χ1n) is 8.04. The Balaban J connectivity index is 0. The normalized spacial score (nSPS) is 9.67. The number of hydrogen-bond acceptors (Lipinski definition) is 4. The summed E-state index contributed by atoms with van der Waals surface area (Å²) in [6.45, 7) is 10.6. The Morgan fingerprint density at radius 3 is 2.04 bits per heavy atom. The predicted molar refractivity (Wildman–Crippen MR) is 94.9 cm³/mol. The van der Waals surface area contributed by atoms with Crippen molar-refractivity contribution in [3.63, 3.8) is 0 Å². The molecule has 0 aliphatic carbocycles. The van der Waals surface area contributed by atoms with Gasteiger partial charge < -0.3 is 14.2 Å². The number of carbonyl (C=O) groups is 1. The lowest BCUT2D eigenvalue weighted by atomic mass is 10.2. The highest BCUT2D eigenvalue weighted by Crippen LogP contribution is 2.37. The highest BCUT2D eigenvalue weighted by molar-refractivity contribution is 7.46. The fourth-order valence-electron chi connectivity index (χ4n) is 1.43. The molecule has 0 bridgehead atoms. The minimum absolute atomic E-state index is 0.0679. The van der Waals surface area contributed by atoms with Crippen LogP contribution in [0.3, 0.4) is 0 Å². The maximum absolute atomic E-state index is 11.5. The van der Waals surface area contributed by atoms with Gasteiger partial charge in [-0.15, -0.1) is 0 Å². The van der Waals surface area contributed by atoms with Crippen molar-refractivity contribution < 1.29 is 28.4 Å². The number of hydrogen-bond donors (Lipinski definition) is 2. The Morgan fingerprint density at radius 1 is 1.12 bits per heavy atom. The SMILES string of the molecule is CC.CC.CCCOC(=O)N(C)Cc1ccc(OP(=O)(O)O)cc1. The quantitative estimate of drug-likeness (QED) is 0.736. The minimum Gasteiger partial charge on any atom is -0.449 e. The molecule has 1 aromatic rings. The molecule has 7 nitrogen and oxygen atoms in total. The Kier molecular flexibility index (Phi) is 14.2. The minimum atomic E-state index is -4.54. The fraction of sp³-hybridized carbons (Fsp3) is 0.562. The number of benzene rings is 1. The highest BCUT2D eigenvalue weighted by Gasteiger charge is 2.16. The Hall–Kier alpha value is -1.56. The van der Waals surface area contributed by atoms with Gasteiger partial charge in [0, 0.05) is 13.6 Å². The number of amides is 1. The molecule has 0 aliphatic heterocycles. The van der Waals surface area contributed by atoms with Crippen molar-refractivity contribution >= 4 is 13.9 Å². The number of nitrogens with zero attached hydrogens (tertiary/aromatic N) is 1. The van der Waals surface area contributed by atoms with Gasteiger partial charge in [-0.3, -0.25) is 9.79 Å².